The number of rotatable bonds is 6. The molecule has 5 rings (SSSR count). The second kappa shape index (κ2) is 9.64. The summed E-state index contributed by atoms with van der Waals surface area (Å²) in [6.45, 7) is 6.23. The second-order valence-corrected chi connectivity index (χ2v) is 11.9. The number of ether oxygens (including phenoxy) is 1. The maximum atomic E-state index is 12.9. The van der Waals surface area contributed by atoms with Gasteiger partial charge in [-0.25, -0.2) is 13.4 Å². The topological polar surface area (TPSA) is 84.4 Å². The van der Waals surface area contributed by atoms with Gasteiger partial charge in [-0.1, -0.05) is 50.2 Å². The maximum absolute atomic E-state index is 12.9. The third kappa shape index (κ3) is 4.69. The second-order valence-electron chi connectivity index (χ2n) is 9.40. The zero-order valence-electron chi connectivity index (χ0n) is 19.4. The molecule has 0 amide bonds. The third-order valence-corrected chi connectivity index (χ3v) is 9.14. The number of benzene rings is 2. The van der Waals surface area contributed by atoms with Crippen LogP contribution in [0.25, 0.3) is 0 Å². The fourth-order valence-electron chi connectivity index (χ4n) is 5.25. The lowest BCUT2D eigenvalue weighted by atomic mass is 9.79. The average molecular weight is 499 g/mol. The van der Waals surface area contributed by atoms with E-state index in [-0.39, 0.29) is 16.1 Å². The van der Waals surface area contributed by atoms with Crippen molar-refractivity contribution >= 4 is 26.7 Å². The molecule has 0 aliphatic carbocycles. The molecule has 34 heavy (non-hydrogen) atoms. The molecule has 1 aromatic heterocycles. The summed E-state index contributed by atoms with van der Waals surface area (Å²) in [4.78, 5) is 6.70. The standard InChI is InChI=1S/C25H30N4O3S2/c1-17(2)19-10-12-29(23(14-19)18-6-4-3-5-7-18)22-11-13-32-24-15-20(8-9-21(22)24)34(30,31)28-25-26-16-27-33-25/h3-9,15-17,19,22-23H,10-14H2,1-2H3,(H,26,27,28)/t19-,22+,23+/m1/s1. The molecular formula is C25H30N4O3S2. The molecule has 3 aromatic rings. The molecule has 2 aliphatic heterocycles. The lowest BCUT2D eigenvalue weighted by Gasteiger charge is -2.46. The summed E-state index contributed by atoms with van der Waals surface area (Å²) in [6.07, 6.45) is 4.52. The number of fused-ring (bicyclic) bond motifs is 1. The van der Waals surface area contributed by atoms with E-state index in [1.54, 1.807) is 12.1 Å². The molecule has 7 nitrogen and oxygen atoms in total. The minimum atomic E-state index is -3.77. The Morgan fingerprint density at radius 1 is 1.12 bits per heavy atom. The first-order valence-corrected chi connectivity index (χ1v) is 14.0. The number of hydrogen-bond acceptors (Lipinski definition) is 7. The van der Waals surface area contributed by atoms with Gasteiger partial charge < -0.3 is 4.74 Å². The molecule has 0 unspecified atom stereocenters. The quantitative estimate of drug-likeness (QED) is 0.498. The minimum Gasteiger partial charge on any atom is -0.493 e. The Balaban J connectivity index is 1.45. The van der Waals surface area contributed by atoms with Gasteiger partial charge in [0.2, 0.25) is 5.13 Å². The van der Waals surface area contributed by atoms with Crippen molar-refractivity contribution in [3.63, 3.8) is 0 Å². The molecule has 9 heteroatoms. The monoisotopic (exact) mass is 498 g/mol. The molecule has 0 saturated carbocycles. The van der Waals surface area contributed by atoms with Gasteiger partial charge >= 0.3 is 0 Å². The number of nitrogens with zero attached hydrogens (tertiary/aromatic N) is 3. The first kappa shape index (κ1) is 23.3. The summed E-state index contributed by atoms with van der Waals surface area (Å²) >= 11 is 1.00. The lowest BCUT2D eigenvalue weighted by molar-refractivity contribution is 0.0346. The van der Waals surface area contributed by atoms with Crippen LogP contribution >= 0.6 is 11.5 Å². The van der Waals surface area contributed by atoms with Crippen LogP contribution in [0.2, 0.25) is 0 Å². The largest absolute Gasteiger partial charge is 0.493 e. The lowest BCUT2D eigenvalue weighted by Crippen LogP contribution is -2.42. The Bertz CT molecular complexity index is 1220. The molecule has 2 aliphatic rings. The number of aromatic nitrogens is 2. The summed E-state index contributed by atoms with van der Waals surface area (Å²) in [7, 11) is -3.77. The van der Waals surface area contributed by atoms with Crippen molar-refractivity contribution < 1.29 is 13.2 Å². The van der Waals surface area contributed by atoms with E-state index in [0.717, 1.165) is 36.5 Å². The van der Waals surface area contributed by atoms with Gasteiger partial charge in [-0.3, -0.25) is 9.62 Å². The van der Waals surface area contributed by atoms with Gasteiger partial charge in [0.25, 0.3) is 10.0 Å². The summed E-state index contributed by atoms with van der Waals surface area (Å²) in [5, 5.41) is 0.246. The van der Waals surface area contributed by atoms with Crippen LogP contribution in [0.15, 0.2) is 59.8 Å². The van der Waals surface area contributed by atoms with Crippen LogP contribution in [0.4, 0.5) is 5.13 Å². The maximum Gasteiger partial charge on any atom is 0.263 e. The van der Waals surface area contributed by atoms with E-state index in [4.69, 9.17) is 4.74 Å². The Morgan fingerprint density at radius 3 is 2.68 bits per heavy atom. The normalized spacial score (nSPS) is 23.3. The highest BCUT2D eigenvalue weighted by Crippen LogP contribution is 2.46. The summed E-state index contributed by atoms with van der Waals surface area (Å²) in [5.74, 6) is 2.00. The molecule has 3 atom stereocenters. The van der Waals surface area contributed by atoms with Crippen LogP contribution in [0.3, 0.4) is 0 Å². The van der Waals surface area contributed by atoms with Crippen molar-refractivity contribution in [2.24, 2.45) is 11.8 Å². The molecule has 0 bridgehead atoms. The van der Waals surface area contributed by atoms with Crippen molar-refractivity contribution in [1.29, 1.82) is 0 Å². The highest BCUT2D eigenvalue weighted by atomic mass is 32.2. The van der Waals surface area contributed by atoms with E-state index in [2.05, 4.69) is 63.2 Å². The van der Waals surface area contributed by atoms with Crippen LogP contribution in [-0.4, -0.2) is 35.8 Å². The van der Waals surface area contributed by atoms with Gasteiger partial charge in [-0.05, 0) is 42.9 Å². The van der Waals surface area contributed by atoms with E-state index in [9.17, 15) is 8.42 Å². The van der Waals surface area contributed by atoms with Gasteiger partial charge in [0.05, 0.1) is 11.5 Å². The van der Waals surface area contributed by atoms with E-state index in [0.29, 0.717) is 30.2 Å². The highest BCUT2D eigenvalue weighted by Gasteiger charge is 2.38. The van der Waals surface area contributed by atoms with Gasteiger partial charge in [0.1, 0.15) is 12.1 Å². The number of piperidine rings is 1. The Kier molecular flexibility index (Phi) is 6.59. The molecule has 3 heterocycles. The number of sulfonamides is 1. The fourth-order valence-corrected chi connectivity index (χ4v) is 6.92. The number of likely N-dealkylation sites (tertiary alicyclic amines) is 1. The molecule has 0 radical (unpaired) electrons. The SMILES string of the molecule is CC(C)[C@@H]1CCN([C@H]2CCOc3cc(S(=O)(=O)Nc4ncns4)ccc32)[C@H](c2ccccc2)C1. The van der Waals surface area contributed by atoms with Crippen molar-refractivity contribution in [2.75, 3.05) is 17.9 Å². The predicted molar refractivity (Wildman–Crippen MR) is 133 cm³/mol. The fraction of sp³-hybridized carbons (Fsp3) is 0.440. The number of hydrogen-bond donors (Lipinski definition) is 1. The molecule has 1 N–H and O–H groups in total. The molecule has 2 aromatic carbocycles. The van der Waals surface area contributed by atoms with E-state index >= 15 is 0 Å². The van der Waals surface area contributed by atoms with Crippen LogP contribution < -0.4 is 9.46 Å². The van der Waals surface area contributed by atoms with Gasteiger partial charge in [-0.15, -0.1) is 0 Å². The van der Waals surface area contributed by atoms with Gasteiger partial charge in [0, 0.05) is 41.7 Å². The predicted octanol–water partition coefficient (Wildman–Crippen LogP) is 5.27. The summed E-state index contributed by atoms with van der Waals surface area (Å²) in [6, 6.07) is 16.5. The van der Waals surface area contributed by atoms with Gasteiger partial charge in [0.15, 0.2) is 0 Å². The third-order valence-electron chi connectivity index (χ3n) is 7.10. The molecular weight excluding hydrogens is 468 g/mol. The molecule has 1 fully saturated rings. The van der Waals surface area contributed by atoms with Crippen molar-refractivity contribution in [1.82, 2.24) is 14.3 Å². The van der Waals surface area contributed by atoms with Crippen LogP contribution in [0.1, 0.15) is 56.3 Å². The first-order chi connectivity index (χ1) is 16.4. The Labute approximate surface area is 205 Å². The Hall–Kier alpha value is -2.49. The van der Waals surface area contributed by atoms with Crippen molar-refractivity contribution in [3.8, 4) is 5.75 Å². The number of anilines is 1. The van der Waals surface area contributed by atoms with Crippen LogP contribution in [0, 0.1) is 11.8 Å². The smallest absolute Gasteiger partial charge is 0.263 e. The van der Waals surface area contributed by atoms with Gasteiger partial charge in [-0.2, -0.15) is 4.37 Å². The Morgan fingerprint density at radius 2 is 1.94 bits per heavy atom. The minimum absolute atomic E-state index is 0.167. The molecule has 0 spiro atoms. The summed E-state index contributed by atoms with van der Waals surface area (Å²) in [5.41, 5.74) is 2.41. The van der Waals surface area contributed by atoms with Crippen molar-refractivity contribution in [2.45, 2.75) is 50.1 Å². The average Bonchev–Trinajstić information content (AvgIpc) is 3.36. The molecule has 180 valence electrons. The molecule has 1 saturated heterocycles. The first-order valence-electron chi connectivity index (χ1n) is 11.8. The number of nitrogens with one attached hydrogen (secondary N) is 1. The van der Waals surface area contributed by atoms with Crippen molar-refractivity contribution in [3.05, 3.63) is 66.0 Å². The van der Waals surface area contributed by atoms with E-state index in [1.165, 1.54) is 18.3 Å². The van der Waals surface area contributed by atoms with Crippen LogP contribution in [-0.2, 0) is 10.0 Å². The van der Waals surface area contributed by atoms with Crippen LogP contribution in [0.5, 0.6) is 5.75 Å². The summed E-state index contributed by atoms with van der Waals surface area (Å²) < 4.78 is 38.1. The van der Waals surface area contributed by atoms with E-state index in [1.807, 2.05) is 6.07 Å². The van der Waals surface area contributed by atoms with E-state index < -0.39 is 10.0 Å². The highest BCUT2D eigenvalue weighted by molar-refractivity contribution is 7.93. The zero-order chi connectivity index (χ0) is 23.7. The zero-order valence-corrected chi connectivity index (χ0v) is 21.1.